The van der Waals surface area contributed by atoms with Crippen LogP contribution in [-0.4, -0.2) is 37.8 Å². The van der Waals surface area contributed by atoms with Crippen LogP contribution in [0.15, 0.2) is 48.5 Å². The average Bonchev–Trinajstić information content (AvgIpc) is 3.62. The molecule has 3 heterocycles. The summed E-state index contributed by atoms with van der Waals surface area (Å²) in [6.07, 6.45) is -8.91. The third kappa shape index (κ3) is 6.62. The van der Waals surface area contributed by atoms with Crippen molar-refractivity contribution in [3.63, 3.8) is 0 Å². The number of anilines is 2. The van der Waals surface area contributed by atoms with E-state index in [2.05, 4.69) is 20.3 Å². The lowest BCUT2D eigenvalue weighted by atomic mass is 9.91. The molecule has 6 rings (SSSR count). The molecular weight excluding hydrogens is 630 g/mol. The number of aromatic nitrogens is 4. The van der Waals surface area contributed by atoms with Crippen LogP contribution in [0.4, 0.5) is 38.0 Å². The number of fused-ring (bicyclic) bond motifs is 2. The molecule has 4 aromatic rings. The van der Waals surface area contributed by atoms with Crippen LogP contribution in [0, 0.1) is 6.92 Å². The van der Waals surface area contributed by atoms with Crippen LogP contribution >= 0.6 is 0 Å². The summed E-state index contributed by atoms with van der Waals surface area (Å²) >= 11 is 0. The van der Waals surface area contributed by atoms with Crippen molar-refractivity contribution in [2.24, 2.45) is 7.05 Å². The van der Waals surface area contributed by atoms with Crippen molar-refractivity contribution in [1.82, 2.24) is 20.2 Å². The van der Waals surface area contributed by atoms with Gasteiger partial charge in [-0.25, -0.2) is 4.79 Å². The second kappa shape index (κ2) is 12.2. The first kappa shape index (κ1) is 32.3. The number of halogens is 6. The van der Waals surface area contributed by atoms with Gasteiger partial charge in [-0.3, -0.25) is 0 Å². The van der Waals surface area contributed by atoms with Gasteiger partial charge in [0.2, 0.25) is 0 Å². The van der Waals surface area contributed by atoms with Gasteiger partial charge in [-0.1, -0.05) is 17.2 Å². The van der Waals surface area contributed by atoms with Crippen molar-refractivity contribution < 1.29 is 41.0 Å². The number of alkyl halides is 6. The lowest BCUT2D eigenvalue weighted by Gasteiger charge is -2.34. The maximum Gasteiger partial charge on any atom is 0.416 e. The number of tetrazole rings is 1. The fraction of sp³-hybridized carbons (Fsp3) is 0.375. The summed E-state index contributed by atoms with van der Waals surface area (Å²) in [4.78, 5) is 16.4. The molecular formula is C32H30F6N6O3. The largest absolute Gasteiger partial charge is 0.478 e. The van der Waals surface area contributed by atoms with Crippen LogP contribution in [0.1, 0.15) is 73.7 Å². The van der Waals surface area contributed by atoms with Gasteiger partial charge >= 0.3 is 18.3 Å². The topological polar surface area (TPSA) is 96.6 Å². The zero-order valence-electron chi connectivity index (χ0n) is 25.4. The number of hydrogen-bond acceptors (Lipinski definition) is 7. The van der Waals surface area contributed by atoms with Crippen LogP contribution in [0.3, 0.4) is 0 Å². The maximum atomic E-state index is 13.8. The van der Waals surface area contributed by atoms with Crippen LogP contribution in [0.2, 0.25) is 0 Å². The molecule has 3 aromatic carbocycles. The Hall–Kier alpha value is -4.66. The van der Waals surface area contributed by atoms with E-state index in [1.807, 2.05) is 13.0 Å². The highest BCUT2D eigenvalue weighted by Crippen LogP contribution is 2.45. The van der Waals surface area contributed by atoms with Crippen molar-refractivity contribution in [3.05, 3.63) is 98.6 Å². The molecule has 9 nitrogen and oxygen atoms in total. The molecule has 2 aliphatic heterocycles. The fourth-order valence-corrected chi connectivity index (χ4v) is 6.42. The number of carbonyl (C=O) groups is 1. The first-order chi connectivity index (χ1) is 22.2. The number of hydrogen-bond donors (Lipinski definition) is 1. The number of rotatable bonds is 7. The number of nitrogens with zero attached hydrogens (tertiary/aromatic N) is 6. The van der Waals surface area contributed by atoms with Gasteiger partial charge in [0, 0.05) is 25.3 Å². The van der Waals surface area contributed by atoms with E-state index in [-0.39, 0.29) is 29.7 Å². The van der Waals surface area contributed by atoms with E-state index in [4.69, 9.17) is 4.74 Å². The summed E-state index contributed by atoms with van der Waals surface area (Å²) in [5.74, 6) is -0.978. The highest BCUT2D eigenvalue weighted by molar-refractivity contribution is 5.87. The molecule has 2 aliphatic rings. The van der Waals surface area contributed by atoms with Gasteiger partial charge in [0.1, 0.15) is 0 Å². The summed E-state index contributed by atoms with van der Waals surface area (Å²) in [5, 5.41) is 21.7. The van der Waals surface area contributed by atoms with E-state index >= 15 is 0 Å². The number of carboxylic acids is 1. The lowest BCUT2D eigenvalue weighted by molar-refractivity contribution is -0.143. The monoisotopic (exact) mass is 660 g/mol. The van der Waals surface area contributed by atoms with Crippen LogP contribution < -0.4 is 9.80 Å². The zero-order chi connectivity index (χ0) is 33.7. The van der Waals surface area contributed by atoms with Gasteiger partial charge < -0.3 is 19.6 Å². The first-order valence-corrected chi connectivity index (χ1v) is 14.8. The lowest BCUT2D eigenvalue weighted by Crippen LogP contribution is -2.30. The smallest absolute Gasteiger partial charge is 0.416 e. The van der Waals surface area contributed by atoms with Crippen molar-refractivity contribution in [2.75, 3.05) is 16.3 Å². The summed E-state index contributed by atoms with van der Waals surface area (Å²) in [5.41, 5.74) is 2.62. The Labute approximate surface area is 265 Å². The number of aromatic carboxylic acids is 1. The maximum absolute atomic E-state index is 13.8. The highest BCUT2D eigenvalue weighted by Gasteiger charge is 2.38. The zero-order valence-corrected chi connectivity index (χ0v) is 25.4. The standard InChI is InChI=1S/C32H30F6N6O3/c1-18-26-17-47-16-22(26)12-25-27(4-3-9-43(28(18)25)14-19-5-7-21(8-6-19)29(45)46)44(30-39-41-42(2)40-30)15-20-10-23(31(33,34)35)13-24(11-20)32(36,37)38/h5-8,10-13,27H,3-4,9,14-17H2,1-2H3,(H,45,46)/t27-/m0/s1. The molecule has 47 heavy (non-hydrogen) atoms. The second-order valence-corrected chi connectivity index (χ2v) is 11.8. The molecule has 0 spiro atoms. The predicted molar refractivity (Wildman–Crippen MR) is 158 cm³/mol. The minimum absolute atomic E-state index is 0.0570. The fourth-order valence-electron chi connectivity index (χ4n) is 6.42. The Morgan fingerprint density at radius 3 is 2.28 bits per heavy atom. The van der Waals surface area contributed by atoms with E-state index in [1.165, 1.54) is 24.0 Å². The average molecular weight is 661 g/mol. The second-order valence-electron chi connectivity index (χ2n) is 11.8. The van der Waals surface area contributed by atoms with Crippen LogP contribution in [0.25, 0.3) is 0 Å². The Balaban J connectivity index is 1.47. The minimum Gasteiger partial charge on any atom is -0.478 e. The van der Waals surface area contributed by atoms with E-state index < -0.39 is 35.5 Å². The summed E-state index contributed by atoms with van der Waals surface area (Å²) in [6, 6.07) is 9.58. The number of carboxylic acid groups (broad SMARTS) is 1. The molecule has 0 radical (unpaired) electrons. The van der Waals surface area contributed by atoms with Gasteiger partial charge in [0.05, 0.1) is 43.0 Å². The number of benzene rings is 3. The van der Waals surface area contributed by atoms with Crippen molar-refractivity contribution in [3.8, 4) is 0 Å². The number of aryl methyl sites for hydroxylation is 1. The van der Waals surface area contributed by atoms with E-state index in [1.54, 1.807) is 17.0 Å². The van der Waals surface area contributed by atoms with E-state index in [9.17, 15) is 36.2 Å². The van der Waals surface area contributed by atoms with E-state index in [0.29, 0.717) is 39.1 Å². The van der Waals surface area contributed by atoms with Crippen LogP contribution in [-0.2, 0) is 50.4 Å². The molecule has 15 heteroatoms. The Morgan fingerprint density at radius 1 is 1.00 bits per heavy atom. The van der Waals surface area contributed by atoms with Gasteiger partial charge in [-0.05, 0) is 94.8 Å². The summed E-state index contributed by atoms with van der Waals surface area (Å²) < 4.78 is 88.5. The normalized spacial score (nSPS) is 16.5. The SMILES string of the molecule is Cc1c2c(cc3c1N(Cc1ccc(C(=O)O)cc1)CCC[C@@H]3N(Cc1cc(C(F)(F)F)cc(C(F)(F)F)c1)c1nnn(C)n1)COC2. The first-order valence-electron chi connectivity index (χ1n) is 14.8. The quantitative estimate of drug-likeness (QED) is 0.216. The molecule has 1 atom stereocenters. The minimum atomic E-state index is -5.00. The molecule has 0 unspecified atom stereocenters. The van der Waals surface area contributed by atoms with Crippen molar-refractivity contribution in [1.29, 1.82) is 0 Å². The third-order valence-corrected chi connectivity index (χ3v) is 8.59. The van der Waals surface area contributed by atoms with Gasteiger partial charge in [-0.2, -0.15) is 31.1 Å². The number of ether oxygens (including phenoxy) is 1. The molecule has 0 fully saturated rings. The molecule has 0 saturated heterocycles. The van der Waals surface area contributed by atoms with Crippen LogP contribution in [0.5, 0.6) is 0 Å². The Kier molecular flexibility index (Phi) is 8.36. The Morgan fingerprint density at radius 2 is 1.68 bits per heavy atom. The molecule has 0 amide bonds. The van der Waals surface area contributed by atoms with Crippen molar-refractivity contribution in [2.45, 2.75) is 64.5 Å². The van der Waals surface area contributed by atoms with Gasteiger partial charge in [0.15, 0.2) is 0 Å². The highest BCUT2D eigenvalue weighted by atomic mass is 19.4. The molecule has 1 N–H and O–H groups in total. The molecule has 248 valence electrons. The predicted octanol–water partition coefficient (Wildman–Crippen LogP) is 6.83. The Bertz CT molecular complexity index is 1770. The molecule has 0 aliphatic carbocycles. The molecule has 0 saturated carbocycles. The molecule has 1 aromatic heterocycles. The van der Waals surface area contributed by atoms with Crippen molar-refractivity contribution >= 4 is 17.6 Å². The molecule has 0 bridgehead atoms. The van der Waals surface area contributed by atoms with Gasteiger partial charge in [0.25, 0.3) is 5.95 Å². The third-order valence-electron chi connectivity index (χ3n) is 8.59. The van der Waals surface area contributed by atoms with E-state index in [0.717, 1.165) is 45.6 Å². The van der Waals surface area contributed by atoms with Gasteiger partial charge in [-0.15, -0.1) is 5.10 Å². The summed E-state index contributed by atoms with van der Waals surface area (Å²) in [7, 11) is 1.52. The summed E-state index contributed by atoms with van der Waals surface area (Å²) in [6.45, 7) is 3.40.